The van der Waals surface area contributed by atoms with Gasteiger partial charge in [-0.1, -0.05) is 18.2 Å². The van der Waals surface area contributed by atoms with Gasteiger partial charge in [0.05, 0.1) is 19.1 Å². The Balaban J connectivity index is 2.25. The molecule has 0 fully saturated rings. The van der Waals surface area contributed by atoms with Crippen LogP contribution >= 0.6 is 0 Å². The van der Waals surface area contributed by atoms with Gasteiger partial charge >= 0.3 is 0 Å². The van der Waals surface area contributed by atoms with Gasteiger partial charge in [-0.15, -0.1) is 0 Å². The molecule has 2 aromatic rings. The van der Waals surface area contributed by atoms with Gasteiger partial charge in [0.25, 0.3) is 5.69 Å². The molecule has 0 aliphatic rings. The van der Waals surface area contributed by atoms with Crippen molar-refractivity contribution in [3.05, 3.63) is 63.7 Å². The molecule has 0 heterocycles. The molecule has 0 N–H and O–H groups in total. The van der Waals surface area contributed by atoms with Crippen molar-refractivity contribution in [2.24, 2.45) is 0 Å². The van der Waals surface area contributed by atoms with E-state index in [4.69, 9.17) is 9.47 Å². The van der Waals surface area contributed by atoms with E-state index < -0.39 is 16.4 Å². The van der Waals surface area contributed by atoms with Gasteiger partial charge in [0, 0.05) is 11.6 Å². The van der Waals surface area contributed by atoms with Crippen LogP contribution in [0.2, 0.25) is 0 Å². The minimum atomic E-state index is -0.754. The number of methoxy groups -OCH3 is 2. The van der Waals surface area contributed by atoms with Crippen molar-refractivity contribution < 1.29 is 24.3 Å². The number of benzene rings is 2. The topological polar surface area (TPSA) is 102 Å². The molecule has 24 heavy (non-hydrogen) atoms. The first kappa shape index (κ1) is 17.0. The number of nitro benzene ring substituents is 1. The number of hydrogen-bond acceptors (Lipinski definition) is 6. The van der Waals surface area contributed by atoms with Gasteiger partial charge in [0.1, 0.15) is 0 Å². The summed E-state index contributed by atoms with van der Waals surface area (Å²) in [6.45, 7) is 0. The van der Waals surface area contributed by atoms with E-state index in [9.17, 15) is 20.0 Å². The molecule has 0 saturated carbocycles. The van der Waals surface area contributed by atoms with Crippen LogP contribution in [0.1, 0.15) is 15.9 Å². The summed E-state index contributed by atoms with van der Waals surface area (Å²) >= 11 is 0. The van der Waals surface area contributed by atoms with Crippen LogP contribution in [-0.4, -0.2) is 24.9 Å². The summed E-state index contributed by atoms with van der Waals surface area (Å²) in [5.41, 5.74) is 0.227. The van der Waals surface area contributed by atoms with E-state index in [-0.39, 0.29) is 5.78 Å². The molecule has 7 heteroatoms. The van der Waals surface area contributed by atoms with Gasteiger partial charge in [-0.3, -0.25) is 14.9 Å². The highest BCUT2D eigenvalue weighted by Gasteiger charge is 2.10. The summed E-state index contributed by atoms with van der Waals surface area (Å²) in [5.74, 6) is -0.0732. The molecule has 2 rings (SSSR count). The van der Waals surface area contributed by atoms with E-state index in [1.165, 1.54) is 38.5 Å². The fourth-order valence-corrected chi connectivity index (χ4v) is 2.04. The number of nitrogens with zero attached hydrogens (tertiary/aromatic N) is 1. The smallest absolute Gasteiger partial charge is 0.262 e. The van der Waals surface area contributed by atoms with Crippen molar-refractivity contribution in [1.82, 2.24) is 0 Å². The lowest BCUT2D eigenvalue weighted by atomic mass is 10.1. The molecule has 0 aliphatic heterocycles. The lowest BCUT2D eigenvalue weighted by Gasteiger charge is -2.08. The van der Waals surface area contributed by atoms with Crippen LogP contribution in [0.5, 0.6) is 17.2 Å². The van der Waals surface area contributed by atoms with Crippen molar-refractivity contribution >= 4 is 17.5 Å². The van der Waals surface area contributed by atoms with Crippen LogP contribution in [0.4, 0.5) is 5.69 Å². The van der Waals surface area contributed by atoms with E-state index in [2.05, 4.69) is 0 Å². The number of carbonyl (C=O) groups is 1. The number of ether oxygens (including phenoxy) is 2. The van der Waals surface area contributed by atoms with E-state index in [1.54, 1.807) is 12.1 Å². The lowest BCUT2D eigenvalue weighted by Crippen LogP contribution is -1.98. The quantitative estimate of drug-likeness (QED) is 0.349. The molecule has 0 spiro atoms. The third kappa shape index (κ3) is 3.70. The fourth-order valence-electron chi connectivity index (χ4n) is 2.04. The van der Waals surface area contributed by atoms with Crippen LogP contribution < -0.4 is 14.6 Å². The number of allylic oxidation sites excluding steroid dienone is 1. The summed E-state index contributed by atoms with van der Waals surface area (Å²) in [7, 11) is 2.96. The monoisotopic (exact) mass is 328 g/mol. The van der Waals surface area contributed by atoms with Crippen molar-refractivity contribution in [2.75, 3.05) is 14.2 Å². The average molecular weight is 328 g/mol. The summed E-state index contributed by atoms with van der Waals surface area (Å²) < 4.78 is 10.2. The Morgan fingerprint density at radius 3 is 2.42 bits per heavy atom. The molecule has 0 aliphatic carbocycles. The molecule has 0 atom stereocenters. The zero-order chi connectivity index (χ0) is 17.7. The number of carbonyl (C=O) groups excluding carboxylic acids is 1. The Morgan fingerprint density at radius 2 is 1.79 bits per heavy atom. The largest absolute Gasteiger partial charge is 0.868 e. The number of hydrogen-bond donors (Lipinski definition) is 0. The summed E-state index contributed by atoms with van der Waals surface area (Å²) in [6.07, 6.45) is 2.68. The molecule has 124 valence electrons. The minimum absolute atomic E-state index is 0.315. The van der Waals surface area contributed by atoms with Crippen molar-refractivity contribution in [2.45, 2.75) is 0 Å². The fraction of sp³-hybridized carbons (Fsp3) is 0.118. The van der Waals surface area contributed by atoms with E-state index >= 15 is 0 Å². The SMILES string of the molecule is COc1ccc(C(=O)/C=C/c2ccc([O-])c([N+](=O)[O-])c2)cc1OC. The van der Waals surface area contributed by atoms with Gasteiger partial charge in [0.15, 0.2) is 17.3 Å². The second-order valence-electron chi connectivity index (χ2n) is 4.75. The summed E-state index contributed by atoms with van der Waals surface area (Å²) in [4.78, 5) is 22.2. The number of ketones is 1. The molecule has 0 unspecified atom stereocenters. The highest BCUT2D eigenvalue weighted by molar-refractivity contribution is 6.07. The van der Waals surface area contributed by atoms with E-state index in [0.717, 1.165) is 12.1 Å². The van der Waals surface area contributed by atoms with Crippen molar-refractivity contribution in [1.29, 1.82) is 0 Å². The maximum Gasteiger partial charge on any atom is 0.262 e. The van der Waals surface area contributed by atoms with E-state index in [0.29, 0.717) is 22.6 Å². The van der Waals surface area contributed by atoms with Gasteiger partial charge in [-0.25, -0.2) is 0 Å². The maximum absolute atomic E-state index is 12.2. The second kappa shape index (κ2) is 7.28. The highest BCUT2D eigenvalue weighted by Crippen LogP contribution is 2.28. The molecule has 0 saturated heterocycles. The van der Waals surface area contributed by atoms with E-state index in [1.807, 2.05) is 0 Å². The zero-order valence-corrected chi connectivity index (χ0v) is 13.0. The Bertz CT molecular complexity index is 813. The average Bonchev–Trinajstić information content (AvgIpc) is 2.59. The van der Waals surface area contributed by atoms with Gasteiger partial charge < -0.3 is 14.6 Å². The highest BCUT2D eigenvalue weighted by atomic mass is 16.6. The predicted molar refractivity (Wildman–Crippen MR) is 85.5 cm³/mol. The van der Waals surface area contributed by atoms with Crippen LogP contribution in [0.25, 0.3) is 6.08 Å². The Morgan fingerprint density at radius 1 is 1.08 bits per heavy atom. The molecule has 0 bridgehead atoms. The number of rotatable bonds is 6. The first-order valence-corrected chi connectivity index (χ1v) is 6.86. The standard InChI is InChI=1S/C17H15NO6/c1-23-16-8-5-12(10-17(16)24-2)14(19)6-3-11-4-7-15(20)13(9-11)18(21)22/h3-10,20H,1-2H3/p-1/b6-3+. The first-order valence-electron chi connectivity index (χ1n) is 6.86. The maximum atomic E-state index is 12.2. The number of nitro groups is 1. The zero-order valence-electron chi connectivity index (χ0n) is 13.0. The van der Waals surface area contributed by atoms with Crippen LogP contribution in [0.3, 0.4) is 0 Å². The molecule has 0 amide bonds. The molecule has 0 aromatic heterocycles. The molecule has 0 radical (unpaired) electrons. The Labute approximate surface area is 137 Å². The van der Waals surface area contributed by atoms with Crippen molar-refractivity contribution in [3.63, 3.8) is 0 Å². The summed E-state index contributed by atoms with van der Waals surface area (Å²) in [5, 5.41) is 22.1. The third-order valence-electron chi connectivity index (χ3n) is 3.27. The van der Waals surface area contributed by atoms with Crippen molar-refractivity contribution in [3.8, 4) is 17.2 Å². The van der Waals surface area contributed by atoms with Gasteiger partial charge in [0.2, 0.25) is 0 Å². The molecular formula is C17H14NO6-. The first-order chi connectivity index (χ1) is 11.5. The third-order valence-corrected chi connectivity index (χ3v) is 3.27. The lowest BCUT2D eigenvalue weighted by molar-refractivity contribution is -0.398. The second-order valence-corrected chi connectivity index (χ2v) is 4.75. The minimum Gasteiger partial charge on any atom is -0.868 e. The van der Waals surface area contributed by atoms with Gasteiger partial charge in [-0.05, 0) is 35.6 Å². The van der Waals surface area contributed by atoms with Crippen LogP contribution in [-0.2, 0) is 0 Å². The Hall–Kier alpha value is -3.35. The summed E-state index contributed by atoms with van der Waals surface area (Å²) in [6, 6.07) is 8.36. The predicted octanol–water partition coefficient (Wildman–Crippen LogP) is 2.58. The van der Waals surface area contributed by atoms with Gasteiger partial charge in [-0.2, -0.15) is 0 Å². The van der Waals surface area contributed by atoms with Crippen LogP contribution in [0.15, 0.2) is 42.5 Å². The molecule has 2 aromatic carbocycles. The van der Waals surface area contributed by atoms with Crippen LogP contribution in [0, 0.1) is 10.1 Å². The normalized spacial score (nSPS) is 10.6. The molecule has 7 nitrogen and oxygen atoms in total. The molecular weight excluding hydrogens is 314 g/mol. The Kier molecular flexibility index (Phi) is 5.16.